The van der Waals surface area contributed by atoms with Crippen molar-refractivity contribution in [2.75, 3.05) is 6.54 Å². The van der Waals surface area contributed by atoms with Crippen molar-refractivity contribution < 1.29 is 0 Å². The van der Waals surface area contributed by atoms with E-state index < -0.39 is 0 Å². The summed E-state index contributed by atoms with van der Waals surface area (Å²) in [7, 11) is 0. The van der Waals surface area contributed by atoms with Gasteiger partial charge in [0.25, 0.3) is 0 Å². The number of nitrogens with zero attached hydrogens (tertiary/aromatic N) is 1. The van der Waals surface area contributed by atoms with Crippen LogP contribution >= 0.6 is 0 Å². The molecular weight excluding hydrogens is 176 g/mol. The second-order valence-corrected chi connectivity index (χ2v) is 3.39. The number of nitrogens with one attached hydrogen (secondary N) is 1. The van der Waals surface area contributed by atoms with Crippen LogP contribution < -0.4 is 10.7 Å². The van der Waals surface area contributed by atoms with Gasteiger partial charge in [-0.2, -0.15) is 0 Å². The topological polar surface area (TPSA) is 34.0 Å². The van der Waals surface area contributed by atoms with Gasteiger partial charge >= 0.3 is 0 Å². The Morgan fingerprint density at radius 2 is 2.00 bits per heavy atom. The van der Waals surface area contributed by atoms with Gasteiger partial charge in [-0.15, -0.1) is 0 Å². The molecule has 78 valence electrons. The molecule has 1 aromatic heterocycles. The highest BCUT2D eigenvalue weighted by molar-refractivity contribution is 4.94. The van der Waals surface area contributed by atoms with Gasteiger partial charge in [0, 0.05) is 37.1 Å². The van der Waals surface area contributed by atoms with E-state index in [1.54, 1.807) is 12.1 Å². The first-order valence-electron chi connectivity index (χ1n) is 5.15. The summed E-state index contributed by atoms with van der Waals surface area (Å²) in [5, 5.41) is 3.40. The zero-order valence-electron chi connectivity index (χ0n) is 8.86. The molecule has 0 saturated carbocycles. The second-order valence-electron chi connectivity index (χ2n) is 3.39. The van der Waals surface area contributed by atoms with Gasteiger partial charge in [-0.3, -0.25) is 4.79 Å². The van der Waals surface area contributed by atoms with Gasteiger partial charge in [0.05, 0.1) is 0 Å². The average molecular weight is 194 g/mol. The van der Waals surface area contributed by atoms with E-state index in [0.29, 0.717) is 6.04 Å². The number of hydrogen-bond donors (Lipinski definition) is 1. The van der Waals surface area contributed by atoms with E-state index in [1.807, 2.05) is 17.0 Å². The number of hydrogen-bond acceptors (Lipinski definition) is 2. The fourth-order valence-corrected chi connectivity index (χ4v) is 1.45. The smallest absolute Gasteiger partial charge is 0.181 e. The molecular formula is C11H18N2O. The molecule has 1 N–H and O–H groups in total. The van der Waals surface area contributed by atoms with Crippen LogP contribution in [0, 0.1) is 0 Å². The van der Waals surface area contributed by atoms with E-state index in [9.17, 15) is 4.79 Å². The second kappa shape index (κ2) is 5.60. The van der Waals surface area contributed by atoms with Crippen LogP contribution in [0.25, 0.3) is 0 Å². The molecule has 1 aromatic rings. The number of likely N-dealkylation sites (N-methyl/N-ethyl adjacent to an activating group) is 1. The molecule has 0 amide bonds. The molecule has 3 heteroatoms. The van der Waals surface area contributed by atoms with Crippen LogP contribution in [0.2, 0.25) is 0 Å². The molecule has 3 nitrogen and oxygen atoms in total. The zero-order chi connectivity index (χ0) is 10.4. The lowest BCUT2D eigenvalue weighted by Crippen LogP contribution is -2.32. The lowest BCUT2D eigenvalue weighted by molar-refractivity contribution is 0.445. The molecule has 0 aliphatic heterocycles. The normalized spacial score (nSPS) is 12.7. The highest BCUT2D eigenvalue weighted by atomic mass is 16.1. The maximum absolute atomic E-state index is 10.9. The summed E-state index contributed by atoms with van der Waals surface area (Å²) in [4.78, 5) is 10.9. The Kier molecular flexibility index (Phi) is 4.40. The van der Waals surface area contributed by atoms with E-state index in [2.05, 4.69) is 19.2 Å². The summed E-state index contributed by atoms with van der Waals surface area (Å²) in [6.07, 6.45) is 4.77. The third kappa shape index (κ3) is 3.34. The van der Waals surface area contributed by atoms with Gasteiger partial charge in [-0.25, -0.2) is 0 Å². The summed E-state index contributed by atoms with van der Waals surface area (Å²) in [5.41, 5.74) is 0.0674. The van der Waals surface area contributed by atoms with E-state index in [-0.39, 0.29) is 5.43 Å². The van der Waals surface area contributed by atoms with Crippen molar-refractivity contribution >= 4 is 0 Å². The Hall–Kier alpha value is -1.09. The van der Waals surface area contributed by atoms with Gasteiger partial charge < -0.3 is 9.88 Å². The fraction of sp³-hybridized carbons (Fsp3) is 0.545. The van der Waals surface area contributed by atoms with Gasteiger partial charge in [0.1, 0.15) is 0 Å². The lowest BCUT2D eigenvalue weighted by Gasteiger charge is -2.17. The number of pyridine rings is 1. The van der Waals surface area contributed by atoms with E-state index in [1.165, 1.54) is 0 Å². The van der Waals surface area contributed by atoms with Crippen molar-refractivity contribution in [3.8, 4) is 0 Å². The largest absolute Gasteiger partial charge is 0.352 e. The third-order valence-electron chi connectivity index (χ3n) is 2.28. The van der Waals surface area contributed by atoms with Crippen LogP contribution in [0.3, 0.4) is 0 Å². The zero-order valence-corrected chi connectivity index (χ0v) is 8.86. The van der Waals surface area contributed by atoms with E-state index >= 15 is 0 Å². The first kappa shape index (κ1) is 11.0. The molecule has 0 radical (unpaired) electrons. The highest BCUT2D eigenvalue weighted by Crippen LogP contribution is 1.95. The molecule has 0 aliphatic carbocycles. The van der Waals surface area contributed by atoms with Crippen molar-refractivity contribution in [3.63, 3.8) is 0 Å². The molecule has 1 atom stereocenters. The molecule has 0 spiro atoms. The minimum absolute atomic E-state index is 0.0674. The quantitative estimate of drug-likeness (QED) is 0.765. The SMILES string of the molecule is CCNC(CC)Cn1ccc(=O)cc1. The predicted octanol–water partition coefficient (Wildman–Crippen LogP) is 1.24. The summed E-state index contributed by atoms with van der Waals surface area (Å²) in [5.74, 6) is 0. The van der Waals surface area contributed by atoms with E-state index in [0.717, 1.165) is 19.5 Å². The van der Waals surface area contributed by atoms with Crippen LogP contribution in [0.5, 0.6) is 0 Å². The molecule has 0 bridgehead atoms. The Labute approximate surface area is 84.8 Å². The molecule has 1 heterocycles. The van der Waals surface area contributed by atoms with Crippen LogP contribution in [0.1, 0.15) is 20.3 Å². The van der Waals surface area contributed by atoms with Crippen molar-refractivity contribution in [2.24, 2.45) is 0 Å². The lowest BCUT2D eigenvalue weighted by atomic mass is 10.2. The molecule has 1 rings (SSSR count). The molecule has 1 unspecified atom stereocenters. The van der Waals surface area contributed by atoms with Gasteiger partial charge in [-0.1, -0.05) is 13.8 Å². The van der Waals surface area contributed by atoms with Crippen LogP contribution in [-0.4, -0.2) is 17.2 Å². The van der Waals surface area contributed by atoms with Gasteiger partial charge in [0.2, 0.25) is 0 Å². The first-order chi connectivity index (χ1) is 6.76. The van der Waals surface area contributed by atoms with Crippen LogP contribution in [0.4, 0.5) is 0 Å². The first-order valence-corrected chi connectivity index (χ1v) is 5.15. The summed E-state index contributed by atoms with van der Waals surface area (Å²) in [6, 6.07) is 3.68. The third-order valence-corrected chi connectivity index (χ3v) is 2.28. The Balaban J connectivity index is 2.57. The van der Waals surface area contributed by atoms with Crippen molar-refractivity contribution in [1.82, 2.24) is 9.88 Å². The maximum atomic E-state index is 10.9. The summed E-state index contributed by atoms with van der Waals surface area (Å²) in [6.45, 7) is 6.17. The molecule has 0 aromatic carbocycles. The molecule has 0 aliphatic rings. The van der Waals surface area contributed by atoms with Gasteiger partial charge in [-0.05, 0) is 13.0 Å². The fourth-order valence-electron chi connectivity index (χ4n) is 1.45. The van der Waals surface area contributed by atoms with E-state index in [4.69, 9.17) is 0 Å². The average Bonchev–Trinajstić information content (AvgIpc) is 2.20. The Morgan fingerprint density at radius 3 is 2.50 bits per heavy atom. The van der Waals surface area contributed by atoms with Crippen LogP contribution in [-0.2, 0) is 6.54 Å². The molecule has 14 heavy (non-hydrogen) atoms. The van der Waals surface area contributed by atoms with Crippen molar-refractivity contribution in [3.05, 3.63) is 34.7 Å². The minimum Gasteiger partial charge on any atom is -0.352 e. The van der Waals surface area contributed by atoms with Crippen molar-refractivity contribution in [2.45, 2.75) is 32.9 Å². The minimum atomic E-state index is 0.0674. The monoisotopic (exact) mass is 194 g/mol. The predicted molar refractivity (Wildman–Crippen MR) is 58.5 cm³/mol. The number of aromatic nitrogens is 1. The summed E-state index contributed by atoms with van der Waals surface area (Å²) >= 11 is 0. The summed E-state index contributed by atoms with van der Waals surface area (Å²) < 4.78 is 2.04. The highest BCUT2D eigenvalue weighted by Gasteiger charge is 2.03. The molecule has 0 saturated heterocycles. The maximum Gasteiger partial charge on any atom is 0.181 e. The van der Waals surface area contributed by atoms with Gasteiger partial charge in [0.15, 0.2) is 5.43 Å². The number of rotatable bonds is 5. The van der Waals surface area contributed by atoms with Crippen LogP contribution in [0.15, 0.2) is 29.3 Å². The Bertz CT molecular complexity index is 299. The standard InChI is InChI=1S/C11H18N2O/c1-3-10(12-4-2)9-13-7-5-11(14)6-8-13/h5-8,10,12H,3-4,9H2,1-2H3. The van der Waals surface area contributed by atoms with Crippen molar-refractivity contribution in [1.29, 1.82) is 0 Å². The Morgan fingerprint density at radius 1 is 1.36 bits per heavy atom. The molecule has 0 fully saturated rings.